The van der Waals surface area contributed by atoms with Crippen LogP contribution in [0, 0.1) is 17.8 Å². The van der Waals surface area contributed by atoms with Crippen LogP contribution in [0.1, 0.15) is 23.2 Å². The molecule has 2 atom stereocenters. The van der Waals surface area contributed by atoms with Gasteiger partial charge >= 0.3 is 5.97 Å². The molecule has 1 aliphatic carbocycles. The average Bonchev–Trinajstić information content (AvgIpc) is 2.99. The van der Waals surface area contributed by atoms with Crippen LogP contribution >= 0.6 is 0 Å². The van der Waals surface area contributed by atoms with Crippen LogP contribution in [0.25, 0.3) is 5.82 Å². The van der Waals surface area contributed by atoms with Gasteiger partial charge in [0.1, 0.15) is 11.4 Å². The molecule has 2 aromatic heterocycles. The number of amides is 1. The Balaban J connectivity index is 1.62. The Labute approximate surface area is 139 Å². The normalized spacial score (nSPS) is 23.6. The van der Waals surface area contributed by atoms with Crippen molar-refractivity contribution in [2.24, 2.45) is 24.8 Å². The lowest BCUT2D eigenvalue weighted by Gasteiger charge is -2.17. The minimum absolute atomic E-state index is 0.0816. The number of aliphatic carboxylic acids is 1. The summed E-state index contributed by atoms with van der Waals surface area (Å²) in [6, 6.07) is 3.78. The van der Waals surface area contributed by atoms with Gasteiger partial charge in [-0.2, -0.15) is 5.10 Å². The fourth-order valence-corrected chi connectivity index (χ4v) is 3.79. The van der Waals surface area contributed by atoms with E-state index in [-0.39, 0.29) is 18.4 Å². The largest absolute Gasteiger partial charge is 0.481 e. The zero-order valence-corrected chi connectivity index (χ0v) is 13.5. The molecule has 4 rings (SSSR count). The molecule has 1 amide bonds. The maximum absolute atomic E-state index is 13.0. The molecule has 1 N–H and O–H groups in total. The number of carboxylic acids is 1. The van der Waals surface area contributed by atoms with Gasteiger partial charge in [-0.25, -0.2) is 0 Å². The second-order valence-corrected chi connectivity index (χ2v) is 6.75. The van der Waals surface area contributed by atoms with Crippen molar-refractivity contribution in [1.29, 1.82) is 0 Å². The first kappa shape index (κ1) is 15.0. The van der Waals surface area contributed by atoms with Crippen LogP contribution in [0.15, 0.2) is 30.7 Å². The van der Waals surface area contributed by atoms with E-state index in [1.54, 1.807) is 22.8 Å². The van der Waals surface area contributed by atoms with Crippen LogP contribution in [-0.4, -0.2) is 49.3 Å². The molecule has 2 aliphatic rings. The second-order valence-electron chi connectivity index (χ2n) is 6.75. The average molecular weight is 328 g/mol. The van der Waals surface area contributed by atoms with Crippen LogP contribution < -0.4 is 0 Å². The number of rotatable bonds is 4. The highest BCUT2D eigenvalue weighted by Gasteiger charge is 2.47. The van der Waals surface area contributed by atoms with Crippen molar-refractivity contribution >= 4 is 11.9 Å². The van der Waals surface area contributed by atoms with Crippen LogP contribution in [0.4, 0.5) is 0 Å². The standard InChI is InChI=1S/C17H20N4O3/c1-19-15(20-6-2-3-7-20)12(8-18-19)16(22)21-9-13(11-4-5-11)14(10-21)17(23)24/h2-3,6-8,11,13-14H,4-5,9-10H2,1H3,(H,23,24)/t13-,14+/m1/s1. The zero-order chi connectivity index (χ0) is 16.8. The van der Waals surface area contributed by atoms with Gasteiger partial charge in [0.15, 0.2) is 0 Å². The lowest BCUT2D eigenvalue weighted by atomic mass is 9.92. The summed E-state index contributed by atoms with van der Waals surface area (Å²) in [4.78, 5) is 26.2. The molecule has 0 radical (unpaired) electrons. The number of carbonyl (C=O) groups is 2. The summed E-state index contributed by atoms with van der Waals surface area (Å²) in [6.45, 7) is 0.815. The smallest absolute Gasteiger partial charge is 0.308 e. The van der Waals surface area contributed by atoms with E-state index in [1.807, 2.05) is 29.1 Å². The third-order valence-electron chi connectivity index (χ3n) is 5.18. The summed E-state index contributed by atoms with van der Waals surface area (Å²) < 4.78 is 3.51. The van der Waals surface area contributed by atoms with Gasteiger partial charge in [-0.1, -0.05) is 0 Å². The summed E-state index contributed by atoms with van der Waals surface area (Å²) in [5, 5.41) is 13.7. The maximum atomic E-state index is 13.0. The van der Waals surface area contributed by atoms with Crippen molar-refractivity contribution in [2.45, 2.75) is 12.8 Å². The van der Waals surface area contributed by atoms with Gasteiger partial charge in [0.05, 0.1) is 12.1 Å². The van der Waals surface area contributed by atoms with Crippen molar-refractivity contribution in [2.75, 3.05) is 13.1 Å². The molecule has 2 fully saturated rings. The highest BCUT2D eigenvalue weighted by molar-refractivity contribution is 5.97. The Morgan fingerprint density at radius 1 is 1.21 bits per heavy atom. The number of likely N-dealkylation sites (tertiary alicyclic amines) is 1. The lowest BCUT2D eigenvalue weighted by molar-refractivity contribution is -0.142. The molecular weight excluding hydrogens is 308 g/mol. The minimum atomic E-state index is -0.793. The first-order valence-electron chi connectivity index (χ1n) is 8.23. The van der Waals surface area contributed by atoms with E-state index in [0.717, 1.165) is 12.8 Å². The summed E-state index contributed by atoms with van der Waals surface area (Å²) in [7, 11) is 1.79. The van der Waals surface area contributed by atoms with Crippen LogP contribution in [0.3, 0.4) is 0 Å². The van der Waals surface area contributed by atoms with E-state index in [0.29, 0.717) is 23.8 Å². The number of aryl methyl sites for hydroxylation is 1. The van der Waals surface area contributed by atoms with Crippen molar-refractivity contribution < 1.29 is 14.7 Å². The third kappa shape index (κ3) is 2.40. The molecule has 1 aliphatic heterocycles. The van der Waals surface area contributed by atoms with E-state index in [2.05, 4.69) is 5.10 Å². The molecule has 1 saturated carbocycles. The summed E-state index contributed by atoms with van der Waals surface area (Å²) in [5.74, 6) is -0.139. The van der Waals surface area contributed by atoms with E-state index in [9.17, 15) is 14.7 Å². The van der Waals surface area contributed by atoms with E-state index in [4.69, 9.17) is 0 Å². The van der Waals surface area contributed by atoms with Crippen molar-refractivity contribution in [3.05, 3.63) is 36.3 Å². The van der Waals surface area contributed by atoms with E-state index >= 15 is 0 Å². The summed E-state index contributed by atoms with van der Waals surface area (Å²) in [5.41, 5.74) is 0.509. The van der Waals surface area contributed by atoms with Gasteiger partial charge in [0.25, 0.3) is 5.91 Å². The van der Waals surface area contributed by atoms with Crippen LogP contribution in [0.5, 0.6) is 0 Å². The number of nitrogens with zero attached hydrogens (tertiary/aromatic N) is 4. The number of hydrogen-bond acceptors (Lipinski definition) is 3. The molecule has 0 unspecified atom stereocenters. The van der Waals surface area contributed by atoms with Gasteiger partial charge < -0.3 is 14.6 Å². The molecule has 0 spiro atoms. The first-order chi connectivity index (χ1) is 11.6. The molecular formula is C17H20N4O3. The SMILES string of the molecule is Cn1ncc(C(=O)N2C[C@H](C(=O)O)[C@@H](C3CC3)C2)c1-n1cccc1. The quantitative estimate of drug-likeness (QED) is 0.920. The predicted octanol–water partition coefficient (Wildman–Crippen LogP) is 1.39. The first-order valence-corrected chi connectivity index (χ1v) is 8.23. The Bertz CT molecular complexity index is 776. The van der Waals surface area contributed by atoms with Crippen molar-refractivity contribution in [1.82, 2.24) is 19.2 Å². The molecule has 0 bridgehead atoms. The lowest BCUT2D eigenvalue weighted by Crippen LogP contribution is -2.30. The number of carbonyl (C=O) groups excluding carboxylic acids is 1. The Morgan fingerprint density at radius 3 is 2.54 bits per heavy atom. The van der Waals surface area contributed by atoms with Gasteiger partial charge in [-0.3, -0.25) is 14.3 Å². The zero-order valence-electron chi connectivity index (χ0n) is 13.5. The molecule has 0 aromatic carbocycles. The number of hydrogen-bond donors (Lipinski definition) is 1. The second kappa shape index (κ2) is 5.51. The van der Waals surface area contributed by atoms with Gasteiger partial charge in [-0.05, 0) is 36.8 Å². The molecule has 126 valence electrons. The predicted molar refractivity (Wildman–Crippen MR) is 85.8 cm³/mol. The fraction of sp³-hybridized carbons (Fsp3) is 0.471. The van der Waals surface area contributed by atoms with Gasteiger partial charge in [0, 0.05) is 32.5 Å². The topological polar surface area (TPSA) is 80.4 Å². The third-order valence-corrected chi connectivity index (χ3v) is 5.18. The maximum Gasteiger partial charge on any atom is 0.308 e. The molecule has 7 nitrogen and oxygen atoms in total. The number of carboxylic acid groups (broad SMARTS) is 1. The molecule has 24 heavy (non-hydrogen) atoms. The van der Waals surface area contributed by atoms with Crippen LogP contribution in [0.2, 0.25) is 0 Å². The summed E-state index contributed by atoms with van der Waals surface area (Å²) >= 11 is 0. The molecule has 7 heteroatoms. The van der Waals surface area contributed by atoms with Gasteiger partial charge in [0.2, 0.25) is 0 Å². The highest BCUT2D eigenvalue weighted by atomic mass is 16.4. The summed E-state index contributed by atoms with van der Waals surface area (Å²) in [6.07, 6.45) is 7.46. The highest BCUT2D eigenvalue weighted by Crippen LogP contribution is 2.44. The van der Waals surface area contributed by atoms with Crippen molar-refractivity contribution in [3.8, 4) is 5.82 Å². The van der Waals surface area contributed by atoms with E-state index < -0.39 is 11.9 Å². The Kier molecular flexibility index (Phi) is 3.44. The van der Waals surface area contributed by atoms with Gasteiger partial charge in [-0.15, -0.1) is 0 Å². The molecule has 2 aromatic rings. The molecule has 3 heterocycles. The number of aromatic nitrogens is 3. The Hall–Kier alpha value is -2.57. The minimum Gasteiger partial charge on any atom is -0.481 e. The van der Waals surface area contributed by atoms with Crippen molar-refractivity contribution in [3.63, 3.8) is 0 Å². The monoisotopic (exact) mass is 328 g/mol. The Morgan fingerprint density at radius 2 is 1.92 bits per heavy atom. The van der Waals surface area contributed by atoms with Crippen LogP contribution in [-0.2, 0) is 11.8 Å². The van der Waals surface area contributed by atoms with E-state index in [1.165, 1.54) is 0 Å². The fourth-order valence-electron chi connectivity index (χ4n) is 3.79. The molecule has 1 saturated heterocycles.